The Balaban J connectivity index is 1.63. The van der Waals surface area contributed by atoms with Gasteiger partial charge in [-0.1, -0.05) is 48.5 Å². The summed E-state index contributed by atoms with van der Waals surface area (Å²) in [7, 11) is 0. The molecule has 0 saturated carbocycles. The molecule has 0 aliphatic rings. The van der Waals surface area contributed by atoms with E-state index in [4.69, 9.17) is 20.2 Å². The van der Waals surface area contributed by atoms with Gasteiger partial charge >= 0.3 is 11.9 Å². The molecule has 6 heteroatoms. The van der Waals surface area contributed by atoms with Gasteiger partial charge in [-0.05, 0) is 36.4 Å². The Hall–Kier alpha value is -4.58. The van der Waals surface area contributed by atoms with Gasteiger partial charge in [-0.25, -0.2) is 19.6 Å². The van der Waals surface area contributed by atoms with Crippen LogP contribution in [0.3, 0.4) is 0 Å². The molecule has 5 rings (SSSR count). The fourth-order valence-electron chi connectivity index (χ4n) is 3.66. The molecule has 6 nitrogen and oxygen atoms in total. The van der Waals surface area contributed by atoms with E-state index in [1.54, 1.807) is 48.5 Å². The average Bonchev–Trinajstić information content (AvgIpc) is 2.83. The lowest BCUT2D eigenvalue weighted by Gasteiger charge is -2.08. The van der Waals surface area contributed by atoms with Crippen LogP contribution in [0.15, 0.2) is 84.9 Å². The lowest BCUT2D eigenvalue weighted by molar-refractivity contribution is 0.0686. The number of hydrogen-bond acceptors (Lipinski definition) is 4. The van der Waals surface area contributed by atoms with Crippen LogP contribution in [0.25, 0.3) is 44.3 Å². The molecule has 0 fully saturated rings. The largest absolute Gasteiger partial charge is 0.478 e. The minimum Gasteiger partial charge on any atom is -0.478 e. The molecule has 0 spiro atoms. The number of aromatic nitrogens is 2. The number of benzene rings is 3. The molecular formula is C26H16N2O4. The molecule has 154 valence electrons. The Labute approximate surface area is 182 Å². The van der Waals surface area contributed by atoms with E-state index in [1.165, 1.54) is 0 Å². The van der Waals surface area contributed by atoms with Crippen molar-refractivity contribution in [1.82, 2.24) is 9.97 Å². The van der Waals surface area contributed by atoms with Crippen molar-refractivity contribution in [3.8, 4) is 22.5 Å². The number of hydrogen-bond donors (Lipinski definition) is 2. The van der Waals surface area contributed by atoms with E-state index in [1.807, 2.05) is 36.4 Å². The lowest BCUT2D eigenvalue weighted by atomic mass is 10.0. The lowest BCUT2D eigenvalue weighted by Crippen LogP contribution is -1.96. The maximum absolute atomic E-state index is 11.1. The fraction of sp³-hybridized carbons (Fsp3) is 0. The molecule has 2 N–H and O–H groups in total. The van der Waals surface area contributed by atoms with Gasteiger partial charge in [0.1, 0.15) is 0 Å². The van der Waals surface area contributed by atoms with Gasteiger partial charge in [0.15, 0.2) is 0 Å². The first kappa shape index (κ1) is 19.4. The second kappa shape index (κ2) is 7.59. The van der Waals surface area contributed by atoms with Crippen LogP contribution in [0.2, 0.25) is 0 Å². The summed E-state index contributed by atoms with van der Waals surface area (Å²) in [5, 5.41) is 20.1. The monoisotopic (exact) mass is 420 g/mol. The summed E-state index contributed by atoms with van der Waals surface area (Å²) in [5.41, 5.74) is 5.00. The van der Waals surface area contributed by atoms with Crippen molar-refractivity contribution in [3.05, 3.63) is 96.1 Å². The first-order valence-corrected chi connectivity index (χ1v) is 9.87. The van der Waals surface area contributed by atoms with Crippen molar-refractivity contribution in [1.29, 1.82) is 0 Å². The SMILES string of the molecule is O=C(O)c1ccc(-c2ccc3ccc4ccc(-c5ccc(C(=O)O)cc5)nc4c3n2)cc1. The number of carbonyl (C=O) groups is 2. The summed E-state index contributed by atoms with van der Waals surface area (Å²) >= 11 is 0. The maximum atomic E-state index is 11.1. The Morgan fingerprint density at radius 1 is 0.500 bits per heavy atom. The summed E-state index contributed by atoms with van der Waals surface area (Å²) in [4.78, 5) is 31.9. The number of carboxylic acids is 2. The highest BCUT2D eigenvalue weighted by Crippen LogP contribution is 2.29. The zero-order valence-electron chi connectivity index (χ0n) is 16.7. The first-order valence-electron chi connectivity index (χ1n) is 9.87. The number of pyridine rings is 2. The highest BCUT2D eigenvalue weighted by molar-refractivity contribution is 6.04. The smallest absolute Gasteiger partial charge is 0.335 e. The van der Waals surface area contributed by atoms with Crippen molar-refractivity contribution < 1.29 is 19.8 Å². The number of rotatable bonds is 4. The molecule has 2 aromatic heterocycles. The van der Waals surface area contributed by atoms with Crippen molar-refractivity contribution in [3.63, 3.8) is 0 Å². The predicted molar refractivity (Wildman–Crippen MR) is 122 cm³/mol. The van der Waals surface area contributed by atoms with E-state index in [2.05, 4.69) is 0 Å². The molecule has 0 atom stereocenters. The highest BCUT2D eigenvalue weighted by atomic mass is 16.4. The molecule has 0 bridgehead atoms. The molecule has 0 aliphatic carbocycles. The van der Waals surface area contributed by atoms with Crippen molar-refractivity contribution in [2.45, 2.75) is 0 Å². The van der Waals surface area contributed by atoms with Crippen LogP contribution >= 0.6 is 0 Å². The quantitative estimate of drug-likeness (QED) is 0.372. The third-order valence-electron chi connectivity index (χ3n) is 5.37. The van der Waals surface area contributed by atoms with E-state index >= 15 is 0 Å². The van der Waals surface area contributed by atoms with E-state index in [0.717, 1.165) is 44.3 Å². The molecule has 0 unspecified atom stereocenters. The minimum atomic E-state index is -0.970. The first-order chi connectivity index (χ1) is 15.5. The van der Waals surface area contributed by atoms with Crippen LogP contribution in [-0.4, -0.2) is 32.1 Å². The molecule has 3 aromatic carbocycles. The molecule has 0 amide bonds. The molecular weight excluding hydrogens is 404 g/mol. The Kier molecular flexibility index (Phi) is 4.60. The summed E-state index contributed by atoms with van der Waals surface area (Å²) in [6, 6.07) is 24.9. The van der Waals surface area contributed by atoms with E-state index < -0.39 is 11.9 Å². The Morgan fingerprint density at radius 2 is 0.844 bits per heavy atom. The molecule has 0 saturated heterocycles. The number of carboxylic acid groups (broad SMARTS) is 2. The standard InChI is InChI=1S/C26H16N2O4/c29-25(30)19-7-1-15(2-8-19)21-13-11-17-5-6-18-12-14-22(28-24(18)23(17)27-21)16-3-9-20(10-4-16)26(31)32/h1-14H,(H,29,30)(H,31,32). The summed E-state index contributed by atoms with van der Waals surface area (Å²) in [5.74, 6) is -1.94. The molecule has 0 radical (unpaired) electrons. The van der Waals surface area contributed by atoms with Crippen LogP contribution in [-0.2, 0) is 0 Å². The summed E-state index contributed by atoms with van der Waals surface area (Å²) < 4.78 is 0. The topological polar surface area (TPSA) is 100 Å². The second-order valence-corrected chi connectivity index (χ2v) is 7.37. The van der Waals surface area contributed by atoms with E-state index in [9.17, 15) is 9.59 Å². The molecule has 2 heterocycles. The summed E-state index contributed by atoms with van der Waals surface area (Å²) in [6.07, 6.45) is 0. The van der Waals surface area contributed by atoms with Gasteiger partial charge in [-0.3, -0.25) is 0 Å². The number of nitrogens with zero attached hydrogens (tertiary/aromatic N) is 2. The molecule has 32 heavy (non-hydrogen) atoms. The van der Waals surface area contributed by atoms with Gasteiger partial charge < -0.3 is 10.2 Å². The molecule has 5 aromatic rings. The van der Waals surface area contributed by atoms with Crippen molar-refractivity contribution in [2.24, 2.45) is 0 Å². The van der Waals surface area contributed by atoms with Gasteiger partial charge in [-0.2, -0.15) is 0 Å². The van der Waals surface area contributed by atoms with Gasteiger partial charge in [0.2, 0.25) is 0 Å². The molecule has 0 aliphatic heterocycles. The third kappa shape index (κ3) is 3.44. The predicted octanol–water partition coefficient (Wildman–Crippen LogP) is 5.51. The van der Waals surface area contributed by atoms with E-state index in [-0.39, 0.29) is 11.1 Å². The fourth-order valence-corrected chi connectivity index (χ4v) is 3.66. The van der Waals surface area contributed by atoms with Crippen LogP contribution in [0, 0.1) is 0 Å². The zero-order chi connectivity index (χ0) is 22.2. The third-order valence-corrected chi connectivity index (χ3v) is 5.37. The van der Waals surface area contributed by atoms with Gasteiger partial charge in [0.05, 0.1) is 33.5 Å². The number of aromatic carboxylic acids is 2. The van der Waals surface area contributed by atoms with Gasteiger partial charge in [0.25, 0.3) is 0 Å². The number of fused-ring (bicyclic) bond motifs is 3. The van der Waals surface area contributed by atoms with Crippen molar-refractivity contribution >= 4 is 33.7 Å². The Bertz CT molecular complexity index is 1390. The van der Waals surface area contributed by atoms with Crippen molar-refractivity contribution in [2.75, 3.05) is 0 Å². The average molecular weight is 420 g/mol. The van der Waals surface area contributed by atoms with E-state index in [0.29, 0.717) is 0 Å². The normalized spacial score (nSPS) is 11.0. The Morgan fingerprint density at radius 3 is 1.19 bits per heavy atom. The zero-order valence-corrected chi connectivity index (χ0v) is 16.7. The van der Waals surface area contributed by atoms with Gasteiger partial charge in [0, 0.05) is 21.9 Å². The van der Waals surface area contributed by atoms with Crippen LogP contribution in [0.4, 0.5) is 0 Å². The maximum Gasteiger partial charge on any atom is 0.335 e. The van der Waals surface area contributed by atoms with Crippen LogP contribution in [0.5, 0.6) is 0 Å². The van der Waals surface area contributed by atoms with Gasteiger partial charge in [-0.15, -0.1) is 0 Å². The van der Waals surface area contributed by atoms with Crippen LogP contribution in [0.1, 0.15) is 20.7 Å². The highest BCUT2D eigenvalue weighted by Gasteiger charge is 2.10. The minimum absolute atomic E-state index is 0.222. The second-order valence-electron chi connectivity index (χ2n) is 7.37. The summed E-state index contributed by atoms with van der Waals surface area (Å²) in [6.45, 7) is 0. The van der Waals surface area contributed by atoms with Crippen LogP contribution < -0.4 is 0 Å².